The molecule has 92 valence electrons. The van der Waals surface area contributed by atoms with E-state index in [9.17, 15) is 0 Å². The molecule has 0 fully saturated rings. The van der Waals surface area contributed by atoms with Gasteiger partial charge >= 0.3 is 0 Å². The zero-order chi connectivity index (χ0) is 12.7. The van der Waals surface area contributed by atoms with Crippen molar-refractivity contribution < 1.29 is 0 Å². The van der Waals surface area contributed by atoms with Crippen molar-refractivity contribution in [2.45, 2.75) is 9.79 Å². The van der Waals surface area contributed by atoms with Crippen LogP contribution in [0.1, 0.15) is 0 Å². The van der Waals surface area contributed by atoms with Crippen molar-refractivity contribution in [2.24, 2.45) is 0 Å². The van der Waals surface area contributed by atoms with Gasteiger partial charge in [-0.2, -0.15) is 0 Å². The van der Waals surface area contributed by atoms with Crippen LogP contribution < -0.4 is 0 Å². The maximum absolute atomic E-state index is 2.22. The van der Waals surface area contributed by atoms with E-state index in [1.54, 1.807) is 22.7 Å². The highest BCUT2D eigenvalue weighted by Crippen LogP contribution is 2.39. The van der Waals surface area contributed by atoms with Gasteiger partial charge in [0, 0.05) is 30.0 Å². The molecule has 0 spiro atoms. The largest absolute Gasteiger partial charge is 0.144 e. The molecule has 0 bridgehead atoms. The number of hydrogen-bond acceptors (Lipinski definition) is 3. The van der Waals surface area contributed by atoms with Crippen LogP contribution >= 0.6 is 34.4 Å². The highest BCUT2D eigenvalue weighted by molar-refractivity contribution is 7.99. The lowest BCUT2D eigenvalue weighted by Crippen LogP contribution is -1.75. The molecule has 0 atom stereocenters. The summed E-state index contributed by atoms with van der Waals surface area (Å²) in [5, 5.41) is 7.06. The Morgan fingerprint density at radius 2 is 1.16 bits per heavy atom. The van der Waals surface area contributed by atoms with Crippen molar-refractivity contribution in [3.63, 3.8) is 0 Å². The number of benzene rings is 2. The second-order valence-electron chi connectivity index (χ2n) is 4.28. The van der Waals surface area contributed by atoms with Gasteiger partial charge in [-0.25, -0.2) is 0 Å². The van der Waals surface area contributed by atoms with Crippen LogP contribution in [0.15, 0.2) is 69.1 Å². The summed E-state index contributed by atoms with van der Waals surface area (Å²) in [6, 6.07) is 17.5. The third kappa shape index (κ3) is 1.98. The molecule has 0 radical (unpaired) electrons. The molecule has 0 saturated heterocycles. The third-order valence-electron chi connectivity index (χ3n) is 3.13. The van der Waals surface area contributed by atoms with Crippen LogP contribution in [0.3, 0.4) is 0 Å². The summed E-state index contributed by atoms with van der Waals surface area (Å²) in [6.45, 7) is 0. The molecule has 0 unspecified atom stereocenters. The zero-order valence-corrected chi connectivity index (χ0v) is 12.4. The number of rotatable bonds is 2. The van der Waals surface area contributed by atoms with E-state index >= 15 is 0 Å². The molecule has 0 aliphatic carbocycles. The second-order valence-corrected chi connectivity index (χ2v) is 7.26. The predicted molar refractivity (Wildman–Crippen MR) is 87.8 cm³/mol. The van der Waals surface area contributed by atoms with Crippen LogP contribution in [-0.2, 0) is 0 Å². The van der Waals surface area contributed by atoms with E-state index in [0.29, 0.717) is 0 Å². The van der Waals surface area contributed by atoms with Gasteiger partial charge in [0.1, 0.15) is 0 Å². The van der Waals surface area contributed by atoms with Crippen molar-refractivity contribution in [2.75, 3.05) is 0 Å². The summed E-state index contributed by atoms with van der Waals surface area (Å²) in [5.74, 6) is 0. The Labute approximate surface area is 123 Å². The molecular formula is C16H10S3. The Kier molecular flexibility index (Phi) is 2.84. The van der Waals surface area contributed by atoms with Gasteiger partial charge in [0.05, 0.1) is 0 Å². The lowest BCUT2D eigenvalue weighted by molar-refractivity contribution is 1.51. The van der Waals surface area contributed by atoms with Crippen molar-refractivity contribution >= 4 is 54.6 Å². The lowest BCUT2D eigenvalue weighted by atomic mass is 10.3. The molecule has 0 aliphatic heterocycles. The van der Waals surface area contributed by atoms with Crippen molar-refractivity contribution in [3.05, 3.63) is 59.3 Å². The summed E-state index contributed by atoms with van der Waals surface area (Å²) < 4.78 is 2.73. The normalized spacial score (nSPS) is 11.4. The SMILES string of the molecule is c1cc(Sc2cccc3sccc23)c2ccsc2c1. The smallest absolute Gasteiger partial charge is 0.0354 e. The Balaban J connectivity index is 1.86. The Morgan fingerprint density at radius 1 is 0.632 bits per heavy atom. The van der Waals surface area contributed by atoms with Gasteiger partial charge in [-0.15, -0.1) is 22.7 Å². The van der Waals surface area contributed by atoms with Crippen LogP contribution in [0.25, 0.3) is 20.2 Å². The van der Waals surface area contributed by atoms with E-state index in [4.69, 9.17) is 0 Å². The maximum atomic E-state index is 2.22. The van der Waals surface area contributed by atoms with Gasteiger partial charge in [-0.05, 0) is 47.2 Å². The monoisotopic (exact) mass is 298 g/mol. The first-order valence-corrected chi connectivity index (χ1v) is 8.60. The van der Waals surface area contributed by atoms with Gasteiger partial charge in [0.2, 0.25) is 0 Å². The van der Waals surface area contributed by atoms with Gasteiger partial charge in [-0.3, -0.25) is 0 Å². The van der Waals surface area contributed by atoms with Crippen LogP contribution in [0.5, 0.6) is 0 Å². The zero-order valence-electron chi connectivity index (χ0n) is 10.00. The Bertz CT molecular complexity index is 782. The van der Waals surface area contributed by atoms with Gasteiger partial charge < -0.3 is 0 Å². The average molecular weight is 298 g/mol. The summed E-state index contributed by atoms with van der Waals surface area (Å²) in [7, 11) is 0. The first-order valence-electron chi connectivity index (χ1n) is 6.02. The molecule has 2 aromatic carbocycles. The van der Waals surface area contributed by atoms with Crippen molar-refractivity contribution in [1.82, 2.24) is 0 Å². The van der Waals surface area contributed by atoms with Crippen molar-refractivity contribution in [3.8, 4) is 0 Å². The van der Waals surface area contributed by atoms with Crippen LogP contribution in [0, 0.1) is 0 Å². The molecule has 0 nitrogen and oxygen atoms in total. The molecule has 19 heavy (non-hydrogen) atoms. The lowest BCUT2D eigenvalue weighted by Gasteiger charge is -2.05. The quantitative estimate of drug-likeness (QED) is 0.420. The molecule has 0 amide bonds. The molecule has 2 aromatic heterocycles. The molecule has 4 rings (SSSR count). The molecule has 3 heteroatoms. The average Bonchev–Trinajstić information content (AvgIpc) is 3.08. The summed E-state index contributed by atoms with van der Waals surface area (Å²) in [4.78, 5) is 2.69. The van der Waals surface area contributed by atoms with Crippen LogP contribution in [-0.4, -0.2) is 0 Å². The minimum atomic E-state index is 1.34. The Morgan fingerprint density at radius 3 is 1.68 bits per heavy atom. The molecule has 0 aliphatic rings. The Hall–Kier alpha value is -1.29. The highest BCUT2D eigenvalue weighted by Gasteiger charge is 2.07. The van der Waals surface area contributed by atoms with E-state index in [-0.39, 0.29) is 0 Å². The highest BCUT2D eigenvalue weighted by atomic mass is 32.2. The first-order chi connectivity index (χ1) is 9.42. The molecule has 0 N–H and O–H groups in total. The van der Waals surface area contributed by atoms with E-state index < -0.39 is 0 Å². The minimum Gasteiger partial charge on any atom is -0.144 e. The van der Waals surface area contributed by atoms with Crippen molar-refractivity contribution in [1.29, 1.82) is 0 Å². The van der Waals surface area contributed by atoms with Gasteiger partial charge in [0.15, 0.2) is 0 Å². The molecule has 0 saturated carbocycles. The predicted octanol–water partition coefficient (Wildman–Crippen LogP) is 6.27. The van der Waals surface area contributed by atoms with Crippen LogP contribution in [0.2, 0.25) is 0 Å². The van der Waals surface area contributed by atoms with Gasteiger partial charge in [0.25, 0.3) is 0 Å². The third-order valence-corrected chi connectivity index (χ3v) is 6.05. The van der Waals surface area contributed by atoms with Crippen LogP contribution in [0.4, 0.5) is 0 Å². The molecular weight excluding hydrogens is 288 g/mol. The minimum absolute atomic E-state index is 1.34. The topological polar surface area (TPSA) is 0 Å². The fourth-order valence-electron chi connectivity index (χ4n) is 2.23. The van der Waals surface area contributed by atoms with E-state index in [0.717, 1.165) is 0 Å². The summed E-state index contributed by atoms with van der Waals surface area (Å²) in [6.07, 6.45) is 0. The number of hydrogen-bond donors (Lipinski definition) is 0. The number of thiophene rings is 2. The fraction of sp³-hybridized carbons (Fsp3) is 0. The standard InChI is InChI=1S/C16H10S3/c1-3-13-11(7-9-17-13)15(5-1)19-16-6-2-4-14-12(16)8-10-18-14/h1-10H. The van der Waals surface area contributed by atoms with E-state index in [1.807, 2.05) is 11.8 Å². The van der Waals surface area contributed by atoms with E-state index in [1.165, 1.54) is 30.0 Å². The molecule has 2 heterocycles. The second kappa shape index (κ2) is 4.67. The number of fused-ring (bicyclic) bond motifs is 2. The van der Waals surface area contributed by atoms with Gasteiger partial charge in [-0.1, -0.05) is 23.9 Å². The van der Waals surface area contributed by atoms with E-state index in [2.05, 4.69) is 59.3 Å². The molecule has 4 aromatic rings. The summed E-state index contributed by atoms with van der Waals surface area (Å²) >= 11 is 5.48. The maximum Gasteiger partial charge on any atom is 0.0354 e. The first kappa shape index (κ1) is 11.5. The summed E-state index contributed by atoms with van der Waals surface area (Å²) in [5.41, 5.74) is 0. The fourth-order valence-corrected chi connectivity index (χ4v) is 5.09.